The number of hydrogen-bond acceptors (Lipinski definition) is 5. The van der Waals surface area contributed by atoms with Crippen LogP contribution in [0.15, 0.2) is 91.0 Å². The quantitative estimate of drug-likeness (QED) is 0.165. The SMILES string of the molecule is CC[Si](CC)(CC)O[C@H]1C[C@@H](OCc2ccccc2)[C@](C)(CO[Si](c2ccccc2)(c2ccccc2)C(C)(C)C)O[C@]1(C)CC(=O)O. The lowest BCUT2D eigenvalue weighted by atomic mass is 9.81. The van der Waals surface area contributed by atoms with Gasteiger partial charge in [0.15, 0.2) is 8.32 Å². The second-order valence-corrected chi connectivity index (χ2v) is 23.6. The maximum Gasteiger partial charge on any atom is 0.306 e. The molecule has 1 saturated heterocycles. The van der Waals surface area contributed by atoms with Crippen molar-refractivity contribution in [1.82, 2.24) is 0 Å². The van der Waals surface area contributed by atoms with Gasteiger partial charge in [-0.25, -0.2) is 0 Å². The Labute approximate surface area is 285 Å². The molecule has 1 fully saturated rings. The molecule has 0 saturated carbocycles. The van der Waals surface area contributed by atoms with E-state index >= 15 is 0 Å². The van der Waals surface area contributed by atoms with Crippen LogP contribution < -0.4 is 10.4 Å². The van der Waals surface area contributed by atoms with Crippen LogP contribution in [0.3, 0.4) is 0 Å². The topological polar surface area (TPSA) is 74.2 Å². The molecule has 0 aromatic heterocycles. The van der Waals surface area contributed by atoms with Crippen LogP contribution in [-0.4, -0.2) is 57.7 Å². The largest absolute Gasteiger partial charge is 0.481 e. The van der Waals surface area contributed by atoms with Gasteiger partial charge in [-0.2, -0.15) is 0 Å². The molecule has 6 nitrogen and oxygen atoms in total. The minimum atomic E-state index is -2.92. The second kappa shape index (κ2) is 15.3. The van der Waals surface area contributed by atoms with E-state index in [2.05, 4.69) is 102 Å². The number of ether oxygens (including phenoxy) is 2. The molecule has 0 bridgehead atoms. The molecule has 0 unspecified atom stereocenters. The van der Waals surface area contributed by atoms with Crippen LogP contribution in [0, 0.1) is 0 Å². The van der Waals surface area contributed by atoms with Gasteiger partial charge in [0.2, 0.25) is 0 Å². The smallest absolute Gasteiger partial charge is 0.306 e. The van der Waals surface area contributed by atoms with Crippen LogP contribution in [0.2, 0.25) is 23.2 Å². The van der Waals surface area contributed by atoms with Crippen LogP contribution in [0.4, 0.5) is 0 Å². The molecular weight excluding hydrogens is 621 g/mol. The van der Waals surface area contributed by atoms with E-state index < -0.39 is 46.0 Å². The molecule has 0 radical (unpaired) electrons. The minimum Gasteiger partial charge on any atom is -0.481 e. The summed E-state index contributed by atoms with van der Waals surface area (Å²) in [6.07, 6.45) is -0.470. The normalized spacial score (nSPS) is 23.8. The fraction of sp³-hybridized carbons (Fsp3) is 0.513. The van der Waals surface area contributed by atoms with Gasteiger partial charge in [-0.05, 0) is 53.0 Å². The monoisotopic (exact) mass is 676 g/mol. The number of carboxylic acids is 1. The third kappa shape index (κ3) is 8.17. The molecule has 4 atom stereocenters. The zero-order chi connectivity index (χ0) is 34.3. The van der Waals surface area contributed by atoms with E-state index in [1.807, 2.05) is 44.2 Å². The first kappa shape index (κ1) is 37.2. The Morgan fingerprint density at radius 2 is 1.30 bits per heavy atom. The molecule has 1 N–H and O–H groups in total. The summed E-state index contributed by atoms with van der Waals surface area (Å²) in [7, 11) is -5.05. The third-order valence-electron chi connectivity index (χ3n) is 10.4. The van der Waals surface area contributed by atoms with Crippen molar-refractivity contribution in [1.29, 1.82) is 0 Å². The molecule has 1 aliphatic rings. The number of aliphatic carboxylic acids is 1. The van der Waals surface area contributed by atoms with Crippen LogP contribution in [-0.2, 0) is 29.7 Å². The zero-order valence-electron chi connectivity index (χ0n) is 29.8. The summed E-state index contributed by atoms with van der Waals surface area (Å²) < 4.78 is 28.5. The number of carbonyl (C=O) groups is 1. The number of benzene rings is 3. The Morgan fingerprint density at radius 1 is 0.809 bits per heavy atom. The zero-order valence-corrected chi connectivity index (χ0v) is 31.8. The van der Waals surface area contributed by atoms with Gasteiger partial charge in [0.25, 0.3) is 8.32 Å². The Bertz CT molecular complexity index is 1360. The standard InChI is InChI=1S/C39H56O6Si2/c1-9-46(10-2,11-3)44-35-27-34(42-29-31-21-15-12-16-22-31)39(8,45-38(35,7)28-36(40)41)30-43-47(37(4,5)6,32-23-17-13-18-24-32)33-25-19-14-20-26-33/h12-26,34-35H,9-11,27-30H2,1-8H3,(H,40,41)/t34-,35+,38-,39+/m1/s1. The van der Waals surface area contributed by atoms with E-state index in [4.69, 9.17) is 18.3 Å². The predicted octanol–water partition coefficient (Wildman–Crippen LogP) is 7.95. The lowest BCUT2D eigenvalue weighted by molar-refractivity contribution is -0.279. The van der Waals surface area contributed by atoms with Crippen molar-refractivity contribution in [3.63, 3.8) is 0 Å². The van der Waals surface area contributed by atoms with Crippen molar-refractivity contribution in [3.05, 3.63) is 96.6 Å². The number of carboxylic acid groups (broad SMARTS) is 1. The molecule has 8 heteroatoms. The van der Waals surface area contributed by atoms with Gasteiger partial charge in [0, 0.05) is 6.42 Å². The summed E-state index contributed by atoms with van der Waals surface area (Å²) in [5.74, 6) is -0.906. The Morgan fingerprint density at radius 3 is 1.74 bits per heavy atom. The average Bonchev–Trinajstić information content (AvgIpc) is 3.05. The highest BCUT2D eigenvalue weighted by molar-refractivity contribution is 6.99. The molecule has 3 aromatic rings. The first-order valence-electron chi connectivity index (χ1n) is 17.3. The van der Waals surface area contributed by atoms with Crippen molar-refractivity contribution >= 4 is 33.0 Å². The average molecular weight is 677 g/mol. The first-order chi connectivity index (χ1) is 22.3. The first-order valence-corrected chi connectivity index (χ1v) is 21.7. The van der Waals surface area contributed by atoms with E-state index in [0.717, 1.165) is 23.7 Å². The molecule has 1 heterocycles. The highest BCUT2D eigenvalue weighted by atomic mass is 28.4. The fourth-order valence-corrected chi connectivity index (χ4v) is 15.0. The maximum atomic E-state index is 12.4. The van der Waals surface area contributed by atoms with Crippen LogP contribution in [0.1, 0.15) is 73.8 Å². The van der Waals surface area contributed by atoms with Gasteiger partial charge in [0.1, 0.15) is 11.2 Å². The lowest BCUT2D eigenvalue weighted by Gasteiger charge is -2.55. The van der Waals surface area contributed by atoms with E-state index in [9.17, 15) is 9.90 Å². The molecule has 0 spiro atoms. The molecule has 0 amide bonds. The molecular formula is C39H56O6Si2. The summed E-state index contributed by atoms with van der Waals surface area (Å²) in [6.45, 7) is 18.0. The Kier molecular flexibility index (Phi) is 12.1. The molecule has 0 aliphatic carbocycles. The fourth-order valence-electron chi connectivity index (χ4n) is 7.43. The highest BCUT2D eigenvalue weighted by Gasteiger charge is 2.58. The molecule has 4 rings (SSSR count). The summed E-state index contributed by atoms with van der Waals surface area (Å²) >= 11 is 0. The van der Waals surface area contributed by atoms with Crippen molar-refractivity contribution in [3.8, 4) is 0 Å². The summed E-state index contributed by atoms with van der Waals surface area (Å²) in [5, 5.41) is 12.3. The van der Waals surface area contributed by atoms with Crippen LogP contribution in [0.5, 0.6) is 0 Å². The highest BCUT2D eigenvalue weighted by Crippen LogP contribution is 2.45. The van der Waals surface area contributed by atoms with Gasteiger partial charge < -0.3 is 23.4 Å². The van der Waals surface area contributed by atoms with Crippen molar-refractivity contribution in [2.24, 2.45) is 0 Å². The number of hydrogen-bond donors (Lipinski definition) is 1. The predicted molar refractivity (Wildman–Crippen MR) is 195 cm³/mol. The Hall–Kier alpha value is -2.60. The van der Waals surface area contributed by atoms with Gasteiger partial charge in [-0.15, -0.1) is 0 Å². The molecule has 3 aromatic carbocycles. The summed E-state index contributed by atoms with van der Waals surface area (Å²) in [5.41, 5.74) is -0.959. The van der Waals surface area contributed by atoms with Crippen molar-refractivity contribution in [2.45, 2.75) is 121 Å². The number of rotatable bonds is 15. The lowest BCUT2D eigenvalue weighted by Crippen LogP contribution is -2.70. The van der Waals surface area contributed by atoms with Crippen LogP contribution >= 0.6 is 0 Å². The molecule has 1 aliphatic heterocycles. The van der Waals surface area contributed by atoms with E-state index in [0.29, 0.717) is 13.0 Å². The minimum absolute atomic E-state index is 0.167. The summed E-state index contributed by atoms with van der Waals surface area (Å²) in [6, 6.07) is 34.2. The van der Waals surface area contributed by atoms with E-state index in [1.54, 1.807) is 0 Å². The third-order valence-corrected chi connectivity index (χ3v) is 20.0. The molecule has 47 heavy (non-hydrogen) atoms. The van der Waals surface area contributed by atoms with Crippen molar-refractivity contribution in [2.75, 3.05) is 6.61 Å². The van der Waals surface area contributed by atoms with Gasteiger partial charge >= 0.3 is 5.97 Å². The molecule has 256 valence electrons. The van der Waals surface area contributed by atoms with E-state index in [-0.39, 0.29) is 18.1 Å². The maximum absolute atomic E-state index is 12.4. The van der Waals surface area contributed by atoms with Gasteiger partial charge in [0.05, 0.1) is 31.8 Å². The van der Waals surface area contributed by atoms with Gasteiger partial charge in [-0.1, -0.05) is 133 Å². The summed E-state index contributed by atoms with van der Waals surface area (Å²) in [4.78, 5) is 12.4. The van der Waals surface area contributed by atoms with Crippen molar-refractivity contribution < 1.29 is 28.2 Å². The second-order valence-electron chi connectivity index (χ2n) is 14.6. The van der Waals surface area contributed by atoms with Crippen LogP contribution in [0.25, 0.3) is 0 Å². The van der Waals surface area contributed by atoms with E-state index in [1.165, 1.54) is 10.4 Å². The Balaban J connectivity index is 1.80. The van der Waals surface area contributed by atoms with Gasteiger partial charge in [-0.3, -0.25) is 4.79 Å².